The number of phenolic OH excluding ortho intramolecular Hbond substituents is 1. The number of hydrogen-bond donors (Lipinski definition) is 2. The van der Waals surface area contributed by atoms with E-state index in [2.05, 4.69) is 5.32 Å². The quantitative estimate of drug-likeness (QED) is 0.605. The number of ketones is 1. The zero-order valence-electron chi connectivity index (χ0n) is 16.1. The standard InChI is InChI=1S/C24H22ClNO3/c1-16-6-2-3-7-18(16)15-23(28)22(14-17-10-12-19(27)13-11-17)26-24(29)20-8-4-5-9-21(20)25/h2-13,22,27H,14-15H2,1H3,(H,26,29). The van der Waals surface area contributed by atoms with Gasteiger partial charge in [0, 0.05) is 6.42 Å². The molecule has 0 aromatic heterocycles. The molecule has 1 unspecified atom stereocenters. The number of carbonyl (C=O) groups excluding carboxylic acids is 2. The van der Waals surface area contributed by atoms with Gasteiger partial charge in [-0.25, -0.2) is 0 Å². The molecule has 0 saturated carbocycles. The van der Waals surface area contributed by atoms with Crippen LogP contribution in [0.1, 0.15) is 27.0 Å². The fourth-order valence-corrected chi connectivity index (χ4v) is 3.34. The fourth-order valence-electron chi connectivity index (χ4n) is 3.11. The Balaban J connectivity index is 1.83. The van der Waals surface area contributed by atoms with Gasteiger partial charge in [-0.2, -0.15) is 0 Å². The molecule has 0 spiro atoms. The summed E-state index contributed by atoms with van der Waals surface area (Å²) in [5.41, 5.74) is 3.13. The third-order valence-electron chi connectivity index (χ3n) is 4.81. The normalized spacial score (nSPS) is 11.7. The highest BCUT2D eigenvalue weighted by Gasteiger charge is 2.23. The number of carbonyl (C=O) groups is 2. The van der Waals surface area contributed by atoms with Gasteiger partial charge in [-0.1, -0.05) is 60.1 Å². The molecule has 5 heteroatoms. The summed E-state index contributed by atoms with van der Waals surface area (Å²) in [4.78, 5) is 25.8. The minimum atomic E-state index is -0.720. The Morgan fingerprint density at radius 2 is 1.62 bits per heavy atom. The largest absolute Gasteiger partial charge is 0.508 e. The van der Waals surface area contributed by atoms with Crippen LogP contribution in [0, 0.1) is 6.92 Å². The number of hydrogen-bond acceptors (Lipinski definition) is 3. The van der Waals surface area contributed by atoms with Crippen molar-refractivity contribution in [2.45, 2.75) is 25.8 Å². The van der Waals surface area contributed by atoms with E-state index in [1.54, 1.807) is 48.5 Å². The van der Waals surface area contributed by atoms with Gasteiger partial charge in [0.05, 0.1) is 16.6 Å². The van der Waals surface area contributed by atoms with Crippen LogP contribution in [-0.2, 0) is 17.6 Å². The van der Waals surface area contributed by atoms with Crippen LogP contribution in [-0.4, -0.2) is 22.8 Å². The summed E-state index contributed by atoms with van der Waals surface area (Å²) in [6.07, 6.45) is 0.541. The summed E-state index contributed by atoms with van der Waals surface area (Å²) in [6.45, 7) is 1.96. The Hall–Kier alpha value is -3.11. The van der Waals surface area contributed by atoms with E-state index in [9.17, 15) is 14.7 Å². The minimum absolute atomic E-state index is 0.0900. The molecular weight excluding hydrogens is 386 g/mol. The zero-order valence-corrected chi connectivity index (χ0v) is 16.8. The van der Waals surface area contributed by atoms with Crippen LogP contribution in [0.5, 0.6) is 5.75 Å². The van der Waals surface area contributed by atoms with Gasteiger partial charge in [0.1, 0.15) is 5.75 Å². The molecule has 0 fully saturated rings. The van der Waals surface area contributed by atoms with Crippen molar-refractivity contribution in [1.29, 1.82) is 0 Å². The maximum Gasteiger partial charge on any atom is 0.253 e. The first-order valence-corrected chi connectivity index (χ1v) is 9.72. The van der Waals surface area contributed by atoms with Crippen molar-refractivity contribution < 1.29 is 14.7 Å². The van der Waals surface area contributed by atoms with Gasteiger partial charge < -0.3 is 10.4 Å². The highest BCUT2D eigenvalue weighted by Crippen LogP contribution is 2.17. The Morgan fingerprint density at radius 3 is 2.31 bits per heavy atom. The number of amides is 1. The van der Waals surface area contributed by atoms with Gasteiger partial charge in [0.15, 0.2) is 5.78 Å². The second kappa shape index (κ2) is 9.39. The summed E-state index contributed by atoms with van der Waals surface area (Å²) in [6, 6.07) is 20.3. The van der Waals surface area contributed by atoms with Crippen LogP contribution in [0.2, 0.25) is 5.02 Å². The van der Waals surface area contributed by atoms with Crippen LogP contribution >= 0.6 is 11.6 Å². The second-order valence-electron chi connectivity index (χ2n) is 6.95. The summed E-state index contributed by atoms with van der Waals surface area (Å²) in [5, 5.41) is 12.7. The highest BCUT2D eigenvalue weighted by atomic mass is 35.5. The lowest BCUT2D eigenvalue weighted by Crippen LogP contribution is -2.43. The van der Waals surface area contributed by atoms with E-state index in [1.807, 2.05) is 31.2 Å². The average Bonchev–Trinajstić information content (AvgIpc) is 2.71. The van der Waals surface area contributed by atoms with Crippen molar-refractivity contribution in [2.24, 2.45) is 0 Å². The van der Waals surface area contributed by atoms with Gasteiger partial charge in [-0.3, -0.25) is 9.59 Å². The molecule has 0 aliphatic rings. The number of benzene rings is 3. The predicted molar refractivity (Wildman–Crippen MR) is 114 cm³/mol. The Bertz CT molecular complexity index is 1010. The Labute approximate surface area is 175 Å². The molecule has 3 aromatic rings. The molecule has 0 heterocycles. The van der Waals surface area contributed by atoms with Crippen LogP contribution < -0.4 is 5.32 Å². The van der Waals surface area contributed by atoms with Crippen LogP contribution in [0.25, 0.3) is 0 Å². The molecule has 1 atom stereocenters. The number of rotatable bonds is 7. The number of halogens is 1. The van der Waals surface area contributed by atoms with Crippen molar-refractivity contribution in [2.75, 3.05) is 0 Å². The molecule has 4 nitrogen and oxygen atoms in total. The molecule has 0 saturated heterocycles. The summed E-state index contributed by atoms with van der Waals surface area (Å²) in [5.74, 6) is -0.332. The lowest BCUT2D eigenvalue weighted by molar-refractivity contribution is -0.120. The van der Waals surface area contributed by atoms with E-state index >= 15 is 0 Å². The molecule has 0 aliphatic heterocycles. The first-order chi connectivity index (χ1) is 13.9. The predicted octanol–water partition coefficient (Wildman–Crippen LogP) is 4.51. The fraction of sp³-hybridized carbons (Fsp3) is 0.167. The molecule has 3 rings (SSSR count). The van der Waals surface area contributed by atoms with Gasteiger partial charge >= 0.3 is 0 Å². The van der Waals surface area contributed by atoms with Crippen molar-refractivity contribution in [3.8, 4) is 5.75 Å². The second-order valence-corrected chi connectivity index (χ2v) is 7.35. The molecule has 1 amide bonds. The molecule has 148 valence electrons. The first kappa shape index (κ1) is 20.6. The average molecular weight is 408 g/mol. The van der Waals surface area contributed by atoms with Crippen LogP contribution in [0.15, 0.2) is 72.8 Å². The monoisotopic (exact) mass is 407 g/mol. The summed E-state index contributed by atoms with van der Waals surface area (Å²) in [7, 11) is 0. The molecule has 29 heavy (non-hydrogen) atoms. The van der Waals surface area contributed by atoms with Crippen molar-refractivity contribution >= 4 is 23.3 Å². The molecule has 0 aliphatic carbocycles. The van der Waals surface area contributed by atoms with E-state index in [0.29, 0.717) is 17.0 Å². The number of Topliss-reactive ketones (excluding diaryl/α,β-unsaturated/α-hetero) is 1. The van der Waals surface area contributed by atoms with Gasteiger partial charge in [-0.05, 0) is 54.3 Å². The van der Waals surface area contributed by atoms with E-state index < -0.39 is 11.9 Å². The van der Waals surface area contributed by atoms with Crippen molar-refractivity contribution in [1.82, 2.24) is 5.32 Å². The maximum absolute atomic E-state index is 13.1. The van der Waals surface area contributed by atoms with E-state index in [-0.39, 0.29) is 18.0 Å². The van der Waals surface area contributed by atoms with Gasteiger partial charge in [0.2, 0.25) is 0 Å². The lowest BCUT2D eigenvalue weighted by atomic mass is 9.95. The van der Waals surface area contributed by atoms with E-state index in [4.69, 9.17) is 11.6 Å². The van der Waals surface area contributed by atoms with Crippen LogP contribution in [0.3, 0.4) is 0 Å². The smallest absolute Gasteiger partial charge is 0.253 e. The van der Waals surface area contributed by atoms with Gasteiger partial charge in [-0.15, -0.1) is 0 Å². The Morgan fingerprint density at radius 1 is 0.966 bits per heavy atom. The topological polar surface area (TPSA) is 66.4 Å². The number of nitrogens with one attached hydrogen (secondary N) is 1. The zero-order chi connectivity index (χ0) is 20.8. The van der Waals surface area contributed by atoms with Crippen molar-refractivity contribution in [3.05, 3.63) is 100 Å². The molecule has 2 N–H and O–H groups in total. The van der Waals surface area contributed by atoms with Crippen LogP contribution in [0.4, 0.5) is 0 Å². The summed E-state index contributed by atoms with van der Waals surface area (Å²) < 4.78 is 0. The molecular formula is C24H22ClNO3. The SMILES string of the molecule is Cc1ccccc1CC(=O)C(Cc1ccc(O)cc1)NC(=O)c1ccccc1Cl. The lowest BCUT2D eigenvalue weighted by Gasteiger charge is -2.19. The van der Waals surface area contributed by atoms with Gasteiger partial charge in [0.25, 0.3) is 5.91 Å². The van der Waals surface area contributed by atoms with Crippen molar-refractivity contribution in [3.63, 3.8) is 0 Å². The highest BCUT2D eigenvalue weighted by molar-refractivity contribution is 6.33. The molecule has 0 bridgehead atoms. The third-order valence-corrected chi connectivity index (χ3v) is 5.14. The third kappa shape index (κ3) is 5.46. The number of aromatic hydroxyl groups is 1. The van der Waals surface area contributed by atoms with E-state index in [1.165, 1.54) is 0 Å². The van der Waals surface area contributed by atoms with E-state index in [0.717, 1.165) is 16.7 Å². The number of phenols is 1. The maximum atomic E-state index is 13.1. The first-order valence-electron chi connectivity index (χ1n) is 9.34. The number of aryl methyl sites for hydroxylation is 1. The minimum Gasteiger partial charge on any atom is -0.508 e. The Kier molecular flexibility index (Phi) is 6.68. The molecule has 3 aromatic carbocycles. The molecule has 0 radical (unpaired) electrons. The summed E-state index contributed by atoms with van der Waals surface area (Å²) >= 11 is 6.14.